The number of ether oxygens (including phenoxy) is 2. The second-order valence-corrected chi connectivity index (χ2v) is 5.76. The minimum Gasteiger partial charge on any atom is -0.493 e. The van der Waals surface area contributed by atoms with Crippen molar-refractivity contribution < 1.29 is 9.47 Å². The summed E-state index contributed by atoms with van der Waals surface area (Å²) in [6, 6.07) is 17.4. The van der Waals surface area contributed by atoms with E-state index < -0.39 is 0 Å². The van der Waals surface area contributed by atoms with Crippen LogP contribution in [0.2, 0.25) is 0 Å². The Labute approximate surface area is 153 Å². The maximum atomic E-state index is 6.23. The van der Waals surface area contributed by atoms with Crippen molar-refractivity contribution in [3.05, 3.63) is 66.5 Å². The molecule has 0 amide bonds. The molecular weight excluding hydrogens is 328 g/mol. The van der Waals surface area contributed by atoms with E-state index in [9.17, 15) is 0 Å². The van der Waals surface area contributed by atoms with Crippen molar-refractivity contribution in [3.8, 4) is 22.8 Å². The van der Waals surface area contributed by atoms with Gasteiger partial charge < -0.3 is 20.5 Å². The molecule has 0 fully saturated rings. The Morgan fingerprint density at radius 1 is 0.962 bits per heavy atom. The van der Waals surface area contributed by atoms with E-state index >= 15 is 0 Å². The van der Waals surface area contributed by atoms with Gasteiger partial charge in [0.05, 0.1) is 19.9 Å². The summed E-state index contributed by atoms with van der Waals surface area (Å²) in [5, 5.41) is 3.27. The molecule has 3 N–H and O–H groups in total. The summed E-state index contributed by atoms with van der Waals surface area (Å²) in [4.78, 5) is 8.62. The molecule has 3 rings (SSSR count). The van der Waals surface area contributed by atoms with Crippen molar-refractivity contribution in [2.45, 2.75) is 6.04 Å². The van der Waals surface area contributed by atoms with E-state index in [1.807, 2.05) is 54.6 Å². The van der Waals surface area contributed by atoms with Crippen molar-refractivity contribution in [1.82, 2.24) is 9.97 Å². The third-order valence-electron chi connectivity index (χ3n) is 4.08. The predicted octanol–water partition coefficient (Wildman–Crippen LogP) is 3.27. The molecule has 0 spiro atoms. The summed E-state index contributed by atoms with van der Waals surface area (Å²) >= 11 is 0. The summed E-state index contributed by atoms with van der Waals surface area (Å²) in [7, 11) is 3.22. The number of hydrogen-bond donors (Lipinski definition) is 2. The molecule has 26 heavy (non-hydrogen) atoms. The van der Waals surface area contributed by atoms with Crippen LogP contribution in [0, 0.1) is 0 Å². The fourth-order valence-corrected chi connectivity index (χ4v) is 2.64. The smallest absolute Gasteiger partial charge is 0.161 e. The van der Waals surface area contributed by atoms with Crippen molar-refractivity contribution in [2.24, 2.45) is 5.73 Å². The van der Waals surface area contributed by atoms with Gasteiger partial charge in [0.2, 0.25) is 0 Å². The average Bonchev–Trinajstić information content (AvgIpc) is 2.72. The quantitative estimate of drug-likeness (QED) is 0.680. The first-order chi connectivity index (χ1) is 12.7. The van der Waals surface area contributed by atoms with Gasteiger partial charge in [0, 0.05) is 24.2 Å². The molecular formula is C20H22N4O2. The van der Waals surface area contributed by atoms with Crippen LogP contribution in [-0.4, -0.2) is 30.7 Å². The maximum absolute atomic E-state index is 6.23. The number of hydrogen-bond acceptors (Lipinski definition) is 6. The van der Waals surface area contributed by atoms with E-state index in [1.165, 1.54) is 6.33 Å². The lowest BCUT2D eigenvalue weighted by Crippen LogP contribution is -2.20. The highest BCUT2D eigenvalue weighted by molar-refractivity contribution is 5.66. The highest BCUT2D eigenvalue weighted by atomic mass is 16.5. The molecule has 0 aliphatic carbocycles. The first-order valence-electron chi connectivity index (χ1n) is 8.30. The molecule has 0 aliphatic heterocycles. The Hall–Kier alpha value is -3.12. The number of nitrogens with one attached hydrogen (secondary N) is 1. The van der Waals surface area contributed by atoms with Crippen molar-refractivity contribution in [3.63, 3.8) is 0 Å². The molecule has 0 bridgehead atoms. The Bertz CT molecular complexity index is 855. The van der Waals surface area contributed by atoms with Crippen LogP contribution < -0.4 is 20.5 Å². The normalized spacial score (nSPS) is 11.7. The van der Waals surface area contributed by atoms with Crippen LogP contribution in [0.3, 0.4) is 0 Å². The molecule has 0 radical (unpaired) electrons. The summed E-state index contributed by atoms with van der Waals surface area (Å²) < 4.78 is 10.6. The van der Waals surface area contributed by atoms with Crippen LogP contribution in [0.25, 0.3) is 11.3 Å². The summed E-state index contributed by atoms with van der Waals surface area (Å²) in [5.41, 5.74) is 9.01. The van der Waals surface area contributed by atoms with E-state index in [4.69, 9.17) is 15.2 Å². The van der Waals surface area contributed by atoms with Crippen LogP contribution in [0.1, 0.15) is 11.6 Å². The van der Waals surface area contributed by atoms with E-state index in [-0.39, 0.29) is 6.04 Å². The second kappa shape index (κ2) is 8.31. The number of anilines is 1. The van der Waals surface area contributed by atoms with Gasteiger partial charge in [-0.05, 0) is 23.8 Å². The van der Waals surface area contributed by atoms with Gasteiger partial charge in [-0.25, -0.2) is 9.97 Å². The van der Waals surface area contributed by atoms with Crippen LogP contribution >= 0.6 is 0 Å². The zero-order valence-corrected chi connectivity index (χ0v) is 14.8. The minimum absolute atomic E-state index is 0.115. The molecule has 1 atom stereocenters. The summed E-state index contributed by atoms with van der Waals surface area (Å²) in [6.45, 7) is 0.576. The second-order valence-electron chi connectivity index (χ2n) is 5.76. The molecule has 1 aromatic heterocycles. The first kappa shape index (κ1) is 17.7. The molecule has 0 saturated carbocycles. The zero-order valence-electron chi connectivity index (χ0n) is 14.8. The lowest BCUT2D eigenvalue weighted by molar-refractivity contribution is 0.355. The molecule has 0 aliphatic rings. The standard InChI is InChI=1S/C20H22N4O2/c1-25-18-9-8-15(10-19(18)26-2)17-11-20(24-13-23-17)22-12-16(21)14-6-4-3-5-7-14/h3-11,13,16H,12,21H2,1-2H3,(H,22,23,24). The number of methoxy groups -OCH3 is 2. The average molecular weight is 350 g/mol. The van der Waals surface area contributed by atoms with E-state index in [1.54, 1.807) is 14.2 Å². The maximum Gasteiger partial charge on any atom is 0.161 e. The van der Waals surface area contributed by atoms with Crippen LogP contribution in [-0.2, 0) is 0 Å². The van der Waals surface area contributed by atoms with Crippen LogP contribution in [0.4, 0.5) is 5.82 Å². The molecule has 2 aromatic carbocycles. The summed E-state index contributed by atoms with van der Waals surface area (Å²) in [6.07, 6.45) is 1.53. The Balaban J connectivity index is 1.74. The van der Waals surface area contributed by atoms with Gasteiger partial charge in [0.25, 0.3) is 0 Å². The molecule has 0 saturated heterocycles. The molecule has 134 valence electrons. The fraction of sp³-hybridized carbons (Fsp3) is 0.200. The van der Waals surface area contributed by atoms with Gasteiger partial charge in [0.15, 0.2) is 11.5 Å². The SMILES string of the molecule is COc1ccc(-c2cc(NCC(N)c3ccccc3)ncn2)cc1OC. The Morgan fingerprint density at radius 2 is 1.73 bits per heavy atom. The van der Waals surface area contributed by atoms with Gasteiger partial charge in [-0.2, -0.15) is 0 Å². The highest BCUT2D eigenvalue weighted by Gasteiger charge is 2.09. The number of nitrogens with two attached hydrogens (primary N) is 1. The van der Waals surface area contributed by atoms with Crippen LogP contribution in [0.15, 0.2) is 60.9 Å². The van der Waals surface area contributed by atoms with E-state index in [2.05, 4.69) is 15.3 Å². The van der Waals surface area contributed by atoms with Gasteiger partial charge >= 0.3 is 0 Å². The fourth-order valence-electron chi connectivity index (χ4n) is 2.64. The molecule has 1 unspecified atom stereocenters. The third kappa shape index (κ3) is 4.10. The third-order valence-corrected chi connectivity index (χ3v) is 4.08. The van der Waals surface area contributed by atoms with E-state index in [0.717, 1.165) is 22.6 Å². The number of nitrogens with zero attached hydrogens (tertiary/aromatic N) is 2. The Morgan fingerprint density at radius 3 is 2.46 bits per heavy atom. The molecule has 6 nitrogen and oxygen atoms in total. The number of aromatic nitrogens is 2. The lowest BCUT2D eigenvalue weighted by atomic mass is 10.1. The zero-order chi connectivity index (χ0) is 18.4. The number of benzene rings is 2. The molecule has 6 heteroatoms. The van der Waals surface area contributed by atoms with Crippen LogP contribution in [0.5, 0.6) is 11.5 Å². The predicted molar refractivity (Wildman–Crippen MR) is 102 cm³/mol. The van der Waals surface area contributed by atoms with Crippen molar-refractivity contribution in [2.75, 3.05) is 26.1 Å². The lowest BCUT2D eigenvalue weighted by Gasteiger charge is -2.14. The topological polar surface area (TPSA) is 82.3 Å². The van der Waals surface area contributed by atoms with Crippen molar-refractivity contribution >= 4 is 5.82 Å². The van der Waals surface area contributed by atoms with Gasteiger partial charge in [-0.3, -0.25) is 0 Å². The summed E-state index contributed by atoms with van der Waals surface area (Å²) in [5.74, 6) is 2.05. The van der Waals surface area contributed by atoms with Crippen molar-refractivity contribution in [1.29, 1.82) is 0 Å². The van der Waals surface area contributed by atoms with Gasteiger partial charge in [0.1, 0.15) is 12.1 Å². The van der Waals surface area contributed by atoms with E-state index in [0.29, 0.717) is 18.0 Å². The highest BCUT2D eigenvalue weighted by Crippen LogP contribution is 2.31. The Kier molecular flexibility index (Phi) is 5.66. The molecule has 1 heterocycles. The van der Waals surface area contributed by atoms with Gasteiger partial charge in [-0.15, -0.1) is 0 Å². The first-order valence-corrected chi connectivity index (χ1v) is 8.30. The minimum atomic E-state index is -0.115. The number of rotatable bonds is 7. The molecule has 3 aromatic rings. The monoisotopic (exact) mass is 350 g/mol. The van der Waals surface area contributed by atoms with Gasteiger partial charge in [-0.1, -0.05) is 30.3 Å². The largest absolute Gasteiger partial charge is 0.493 e.